The van der Waals surface area contributed by atoms with Gasteiger partial charge in [0.2, 0.25) is 0 Å². The minimum Gasteiger partial charge on any atom is -0.492 e. The normalized spacial score (nSPS) is 11.6. The van der Waals surface area contributed by atoms with Crippen LogP contribution in [0.25, 0.3) is 0 Å². The molecule has 0 fully saturated rings. The third-order valence-electron chi connectivity index (χ3n) is 2.79. The number of hydrogen-bond donors (Lipinski definition) is 2. The van der Waals surface area contributed by atoms with E-state index in [2.05, 4.69) is 15.2 Å². The minimum absolute atomic E-state index is 0.0743. The Morgan fingerprint density at radius 3 is 2.60 bits per heavy atom. The van der Waals surface area contributed by atoms with Crippen LogP contribution in [0.4, 0.5) is 0 Å². The van der Waals surface area contributed by atoms with Crippen molar-refractivity contribution < 1.29 is 9.94 Å². The quantitative estimate of drug-likeness (QED) is 0.368. The summed E-state index contributed by atoms with van der Waals surface area (Å²) in [5.74, 6) is 2.42. The summed E-state index contributed by atoms with van der Waals surface area (Å²) in [5.41, 5.74) is 6.12. The fourth-order valence-electron chi connectivity index (χ4n) is 1.80. The molecule has 7 nitrogen and oxygen atoms in total. The maximum Gasteiger partial charge on any atom is 0.170 e. The van der Waals surface area contributed by atoms with Crippen LogP contribution in [0.15, 0.2) is 29.4 Å². The van der Waals surface area contributed by atoms with Gasteiger partial charge in [0.25, 0.3) is 0 Å². The largest absolute Gasteiger partial charge is 0.492 e. The van der Waals surface area contributed by atoms with Crippen molar-refractivity contribution in [2.45, 2.75) is 20.4 Å². The van der Waals surface area contributed by atoms with Crippen LogP contribution in [0.2, 0.25) is 0 Å². The van der Waals surface area contributed by atoms with Crippen LogP contribution in [0.3, 0.4) is 0 Å². The first-order chi connectivity index (χ1) is 9.60. The molecule has 0 aliphatic carbocycles. The molecule has 2 rings (SSSR count). The number of nitrogens with two attached hydrogens (primary N) is 1. The summed E-state index contributed by atoms with van der Waals surface area (Å²) in [4.78, 5) is 4.22. The van der Waals surface area contributed by atoms with Crippen molar-refractivity contribution in [3.05, 3.63) is 41.5 Å². The smallest absolute Gasteiger partial charge is 0.170 e. The van der Waals surface area contributed by atoms with E-state index in [1.807, 2.05) is 13.8 Å². The third-order valence-corrected chi connectivity index (χ3v) is 2.79. The first kappa shape index (κ1) is 13.9. The summed E-state index contributed by atoms with van der Waals surface area (Å²) in [7, 11) is 0. The van der Waals surface area contributed by atoms with Crippen molar-refractivity contribution in [3.8, 4) is 5.75 Å². The zero-order valence-electron chi connectivity index (χ0n) is 11.4. The van der Waals surface area contributed by atoms with Gasteiger partial charge in [-0.25, -0.2) is 9.67 Å². The van der Waals surface area contributed by atoms with Crippen LogP contribution in [-0.4, -0.2) is 32.4 Å². The van der Waals surface area contributed by atoms with Crippen LogP contribution in [0.5, 0.6) is 5.75 Å². The van der Waals surface area contributed by atoms with E-state index in [1.165, 1.54) is 0 Å². The lowest BCUT2D eigenvalue weighted by Crippen LogP contribution is -2.13. The van der Waals surface area contributed by atoms with Gasteiger partial charge in [0.05, 0.1) is 6.54 Å². The molecule has 0 unspecified atom stereocenters. The van der Waals surface area contributed by atoms with E-state index in [1.54, 1.807) is 28.9 Å². The van der Waals surface area contributed by atoms with Crippen molar-refractivity contribution in [1.82, 2.24) is 14.8 Å². The highest BCUT2D eigenvalue weighted by Crippen LogP contribution is 2.12. The average molecular weight is 275 g/mol. The van der Waals surface area contributed by atoms with Gasteiger partial charge in [0.15, 0.2) is 5.84 Å². The van der Waals surface area contributed by atoms with E-state index in [-0.39, 0.29) is 5.84 Å². The molecule has 0 atom stereocenters. The fraction of sp³-hybridized carbons (Fsp3) is 0.308. The highest BCUT2D eigenvalue weighted by Gasteiger charge is 2.03. The molecule has 1 heterocycles. The molecule has 0 saturated heterocycles. The number of aromatic nitrogens is 3. The second-order valence-electron chi connectivity index (χ2n) is 4.29. The Kier molecular flexibility index (Phi) is 4.19. The van der Waals surface area contributed by atoms with Gasteiger partial charge in [-0.05, 0) is 38.1 Å². The van der Waals surface area contributed by atoms with E-state index < -0.39 is 0 Å². The third kappa shape index (κ3) is 3.25. The average Bonchev–Trinajstić information content (AvgIpc) is 2.77. The topological polar surface area (TPSA) is 98.6 Å². The molecule has 1 aromatic heterocycles. The van der Waals surface area contributed by atoms with Gasteiger partial charge in [0, 0.05) is 5.56 Å². The molecule has 0 radical (unpaired) electrons. The second kappa shape index (κ2) is 6.05. The summed E-state index contributed by atoms with van der Waals surface area (Å²) >= 11 is 0. The number of ether oxygens (including phenoxy) is 1. The zero-order valence-corrected chi connectivity index (χ0v) is 11.4. The van der Waals surface area contributed by atoms with Crippen LogP contribution in [0, 0.1) is 13.8 Å². The molecule has 3 N–H and O–H groups in total. The van der Waals surface area contributed by atoms with Gasteiger partial charge < -0.3 is 15.7 Å². The van der Waals surface area contributed by atoms with E-state index in [0.717, 1.165) is 11.6 Å². The van der Waals surface area contributed by atoms with E-state index >= 15 is 0 Å². The molecular weight excluding hydrogens is 258 g/mol. The number of hydrogen-bond acceptors (Lipinski definition) is 5. The van der Waals surface area contributed by atoms with Gasteiger partial charge in [-0.1, -0.05) is 5.16 Å². The molecule has 0 bridgehead atoms. The first-order valence-electron chi connectivity index (χ1n) is 6.19. The van der Waals surface area contributed by atoms with Crippen molar-refractivity contribution >= 4 is 5.84 Å². The minimum atomic E-state index is 0.0743. The van der Waals surface area contributed by atoms with E-state index in [4.69, 9.17) is 15.7 Å². The lowest BCUT2D eigenvalue weighted by atomic mass is 10.2. The molecule has 7 heteroatoms. The SMILES string of the molecule is Cc1nc(C)n(CCOc2ccc(C(N)=NO)cc2)n1. The predicted molar refractivity (Wildman–Crippen MR) is 73.9 cm³/mol. The molecular formula is C13H17N5O2. The second-order valence-corrected chi connectivity index (χ2v) is 4.29. The molecule has 2 aromatic rings. The van der Waals surface area contributed by atoms with Gasteiger partial charge in [-0.3, -0.25) is 0 Å². The van der Waals surface area contributed by atoms with Crippen LogP contribution < -0.4 is 10.5 Å². The van der Waals surface area contributed by atoms with Crippen LogP contribution >= 0.6 is 0 Å². The molecule has 106 valence electrons. The Bertz CT molecular complexity index is 604. The summed E-state index contributed by atoms with van der Waals surface area (Å²) < 4.78 is 7.42. The summed E-state index contributed by atoms with van der Waals surface area (Å²) in [6.07, 6.45) is 0. The Hall–Kier alpha value is -2.57. The van der Waals surface area contributed by atoms with Crippen molar-refractivity contribution in [2.24, 2.45) is 10.9 Å². The molecule has 0 aliphatic heterocycles. The van der Waals surface area contributed by atoms with Gasteiger partial charge in [-0.15, -0.1) is 0 Å². The number of oxime groups is 1. The lowest BCUT2D eigenvalue weighted by Gasteiger charge is -2.07. The van der Waals surface area contributed by atoms with Gasteiger partial charge >= 0.3 is 0 Å². The van der Waals surface area contributed by atoms with E-state index in [9.17, 15) is 0 Å². The number of amidine groups is 1. The summed E-state index contributed by atoms with van der Waals surface area (Å²) in [5, 5.41) is 15.8. The number of benzene rings is 1. The van der Waals surface area contributed by atoms with E-state index in [0.29, 0.717) is 24.5 Å². The van der Waals surface area contributed by atoms with Gasteiger partial charge in [0.1, 0.15) is 24.0 Å². The molecule has 0 amide bonds. The highest BCUT2D eigenvalue weighted by molar-refractivity contribution is 5.97. The standard InChI is InChI=1S/C13H17N5O2/c1-9-15-10(2)18(16-9)7-8-20-12-5-3-11(4-6-12)13(14)17-19/h3-6,19H,7-8H2,1-2H3,(H2,14,17). The molecule has 0 aliphatic rings. The number of nitrogens with zero attached hydrogens (tertiary/aromatic N) is 4. The molecule has 20 heavy (non-hydrogen) atoms. The lowest BCUT2D eigenvalue weighted by molar-refractivity contribution is 0.289. The zero-order chi connectivity index (χ0) is 14.5. The molecule has 1 aromatic carbocycles. The fourth-order valence-corrected chi connectivity index (χ4v) is 1.80. The maximum absolute atomic E-state index is 8.57. The van der Waals surface area contributed by atoms with Crippen molar-refractivity contribution in [3.63, 3.8) is 0 Å². The highest BCUT2D eigenvalue weighted by atomic mass is 16.5. The number of rotatable bonds is 5. The number of aryl methyl sites for hydroxylation is 2. The Balaban J connectivity index is 1.90. The summed E-state index contributed by atoms with van der Waals surface area (Å²) in [6, 6.07) is 7.00. The van der Waals surface area contributed by atoms with Crippen LogP contribution in [-0.2, 0) is 6.54 Å². The molecule has 0 spiro atoms. The maximum atomic E-state index is 8.57. The Labute approximate surface area is 116 Å². The van der Waals surface area contributed by atoms with Gasteiger partial charge in [-0.2, -0.15) is 5.10 Å². The Morgan fingerprint density at radius 1 is 1.35 bits per heavy atom. The Morgan fingerprint density at radius 2 is 2.05 bits per heavy atom. The van der Waals surface area contributed by atoms with Crippen LogP contribution in [0.1, 0.15) is 17.2 Å². The molecule has 0 saturated carbocycles. The predicted octanol–water partition coefficient (Wildman–Crippen LogP) is 1.07. The monoisotopic (exact) mass is 275 g/mol. The first-order valence-corrected chi connectivity index (χ1v) is 6.19. The van der Waals surface area contributed by atoms with Crippen molar-refractivity contribution in [1.29, 1.82) is 0 Å². The van der Waals surface area contributed by atoms with Crippen molar-refractivity contribution in [2.75, 3.05) is 6.61 Å². The summed E-state index contributed by atoms with van der Waals surface area (Å²) in [6.45, 7) is 4.89.